The summed E-state index contributed by atoms with van der Waals surface area (Å²) in [7, 11) is 0. The van der Waals surface area contributed by atoms with E-state index in [-0.39, 0.29) is 0 Å². The van der Waals surface area contributed by atoms with Gasteiger partial charge in [-0.2, -0.15) is 26.3 Å². The molecular weight excluding hydrogens is 346 g/mol. The van der Waals surface area contributed by atoms with E-state index >= 15 is 0 Å². The zero-order valence-electron chi connectivity index (χ0n) is 8.85. The third-order valence-corrected chi connectivity index (χ3v) is 2.46. The first-order valence-corrected chi connectivity index (χ1v) is 5.41. The van der Waals surface area contributed by atoms with Gasteiger partial charge in [0.25, 0.3) is 0 Å². The van der Waals surface area contributed by atoms with E-state index in [0.29, 0.717) is 4.47 Å². The van der Waals surface area contributed by atoms with E-state index in [4.69, 9.17) is 0 Å². The van der Waals surface area contributed by atoms with Gasteiger partial charge in [-0.25, -0.2) is 4.79 Å². The SMILES string of the molecule is O=C(O[C@@H](c1ccc(Br)cc1)C(F)(F)F)C(F)(F)F. The number of rotatable bonds is 2. The van der Waals surface area contributed by atoms with Crippen LogP contribution in [0, 0.1) is 0 Å². The van der Waals surface area contributed by atoms with Crippen LogP contribution in [0.3, 0.4) is 0 Å². The van der Waals surface area contributed by atoms with Crippen LogP contribution in [0.2, 0.25) is 0 Å². The van der Waals surface area contributed by atoms with Gasteiger partial charge in [0.15, 0.2) is 0 Å². The third-order valence-electron chi connectivity index (χ3n) is 1.93. The Kier molecular flexibility index (Phi) is 4.49. The largest absolute Gasteiger partial charge is 0.490 e. The molecule has 0 N–H and O–H groups in total. The maximum atomic E-state index is 12.6. The van der Waals surface area contributed by atoms with E-state index in [1.165, 1.54) is 12.1 Å². The van der Waals surface area contributed by atoms with Gasteiger partial charge in [-0.1, -0.05) is 28.1 Å². The highest BCUT2D eigenvalue weighted by Gasteiger charge is 2.49. The number of ether oxygens (including phenoxy) is 1. The van der Waals surface area contributed by atoms with Crippen LogP contribution in [0.4, 0.5) is 26.3 Å². The summed E-state index contributed by atoms with van der Waals surface area (Å²) >= 11 is 2.96. The van der Waals surface area contributed by atoms with Crippen LogP contribution < -0.4 is 0 Å². The van der Waals surface area contributed by atoms with Gasteiger partial charge >= 0.3 is 18.3 Å². The monoisotopic (exact) mass is 350 g/mol. The molecular formula is C10H5BrF6O2. The minimum absolute atomic E-state index is 0.430. The average molecular weight is 351 g/mol. The van der Waals surface area contributed by atoms with Crippen molar-refractivity contribution in [2.24, 2.45) is 0 Å². The highest BCUT2D eigenvalue weighted by atomic mass is 79.9. The molecule has 0 saturated heterocycles. The van der Waals surface area contributed by atoms with Crippen LogP contribution in [-0.4, -0.2) is 18.3 Å². The maximum Gasteiger partial charge on any atom is 0.490 e. The van der Waals surface area contributed by atoms with Gasteiger partial charge < -0.3 is 4.74 Å². The number of hydrogen-bond acceptors (Lipinski definition) is 2. The topological polar surface area (TPSA) is 26.3 Å². The van der Waals surface area contributed by atoms with Crippen molar-refractivity contribution in [2.45, 2.75) is 18.5 Å². The van der Waals surface area contributed by atoms with Crippen LogP contribution in [0.5, 0.6) is 0 Å². The van der Waals surface area contributed by atoms with Crippen molar-refractivity contribution < 1.29 is 35.9 Å². The van der Waals surface area contributed by atoms with Gasteiger partial charge in [0.2, 0.25) is 6.10 Å². The molecule has 9 heteroatoms. The molecule has 0 spiro atoms. The highest BCUT2D eigenvalue weighted by molar-refractivity contribution is 9.10. The lowest BCUT2D eigenvalue weighted by atomic mass is 10.1. The van der Waals surface area contributed by atoms with Crippen molar-refractivity contribution >= 4 is 21.9 Å². The van der Waals surface area contributed by atoms with Crippen LogP contribution in [0.25, 0.3) is 0 Å². The Bertz CT molecular complexity index is 451. The molecule has 1 aromatic carbocycles. The molecule has 0 radical (unpaired) electrons. The minimum Gasteiger partial charge on any atom is -0.441 e. The second-order valence-electron chi connectivity index (χ2n) is 3.38. The standard InChI is InChI=1S/C10H5BrF6O2/c11-6-3-1-5(2-4-6)7(9(12,13)14)19-8(18)10(15,16)17/h1-4,7H/t7-/m0/s1. The van der Waals surface area contributed by atoms with Gasteiger partial charge in [0.1, 0.15) is 0 Å². The predicted octanol–water partition coefficient (Wildman–Crippen LogP) is 4.16. The summed E-state index contributed by atoms with van der Waals surface area (Å²) < 4.78 is 77.5. The third kappa shape index (κ3) is 4.41. The smallest absolute Gasteiger partial charge is 0.441 e. The van der Waals surface area contributed by atoms with Crippen molar-refractivity contribution in [3.05, 3.63) is 34.3 Å². The summed E-state index contributed by atoms with van der Waals surface area (Å²) in [5.41, 5.74) is -0.603. The first-order chi connectivity index (χ1) is 8.51. The van der Waals surface area contributed by atoms with Crippen molar-refractivity contribution in [3.63, 3.8) is 0 Å². The zero-order valence-corrected chi connectivity index (χ0v) is 10.4. The first-order valence-electron chi connectivity index (χ1n) is 4.62. The molecule has 0 bridgehead atoms. The Morgan fingerprint density at radius 2 is 1.53 bits per heavy atom. The van der Waals surface area contributed by atoms with Gasteiger partial charge in [-0.3, -0.25) is 0 Å². The van der Waals surface area contributed by atoms with E-state index < -0.39 is 30.0 Å². The molecule has 1 atom stereocenters. The molecule has 0 aliphatic heterocycles. The second kappa shape index (κ2) is 5.40. The predicted molar refractivity (Wildman–Crippen MR) is 55.1 cm³/mol. The highest BCUT2D eigenvalue weighted by Crippen LogP contribution is 2.37. The summed E-state index contributed by atoms with van der Waals surface area (Å²) in [5, 5.41) is 0. The molecule has 0 unspecified atom stereocenters. The molecule has 0 heterocycles. The van der Waals surface area contributed by atoms with Gasteiger partial charge in [0, 0.05) is 10.0 Å². The molecule has 0 aliphatic carbocycles. The van der Waals surface area contributed by atoms with Gasteiger partial charge in [-0.05, 0) is 12.1 Å². The number of benzene rings is 1. The Morgan fingerprint density at radius 3 is 1.89 bits per heavy atom. The normalized spacial score (nSPS) is 14.1. The Hall–Kier alpha value is -1.25. The fraction of sp³-hybridized carbons (Fsp3) is 0.300. The van der Waals surface area contributed by atoms with E-state index in [9.17, 15) is 31.1 Å². The molecule has 106 valence electrons. The molecule has 1 aromatic rings. The number of carbonyl (C=O) groups excluding carboxylic acids is 1. The van der Waals surface area contributed by atoms with Crippen molar-refractivity contribution in [3.8, 4) is 0 Å². The minimum atomic E-state index is -5.49. The van der Waals surface area contributed by atoms with Crippen LogP contribution >= 0.6 is 15.9 Å². The molecule has 1 rings (SSSR count). The lowest BCUT2D eigenvalue weighted by Crippen LogP contribution is -2.32. The molecule has 0 aliphatic rings. The molecule has 2 nitrogen and oxygen atoms in total. The van der Waals surface area contributed by atoms with E-state index in [1.807, 2.05) is 0 Å². The fourth-order valence-electron chi connectivity index (χ4n) is 1.14. The zero-order chi connectivity index (χ0) is 14.8. The van der Waals surface area contributed by atoms with E-state index in [2.05, 4.69) is 20.7 Å². The average Bonchev–Trinajstić information content (AvgIpc) is 2.24. The number of esters is 1. The Labute approximate surface area is 111 Å². The van der Waals surface area contributed by atoms with Crippen molar-refractivity contribution in [2.75, 3.05) is 0 Å². The molecule has 19 heavy (non-hydrogen) atoms. The lowest BCUT2D eigenvalue weighted by Gasteiger charge is -2.21. The molecule has 0 aromatic heterocycles. The maximum absolute atomic E-state index is 12.6. The van der Waals surface area contributed by atoms with Crippen LogP contribution in [-0.2, 0) is 9.53 Å². The van der Waals surface area contributed by atoms with Gasteiger partial charge in [0.05, 0.1) is 0 Å². The molecule has 0 saturated carbocycles. The quantitative estimate of drug-likeness (QED) is 0.591. The van der Waals surface area contributed by atoms with Gasteiger partial charge in [-0.15, -0.1) is 0 Å². The number of carbonyl (C=O) groups is 1. The summed E-state index contributed by atoms with van der Waals surface area (Å²) in [5.74, 6) is -2.89. The molecule has 0 fully saturated rings. The summed E-state index contributed by atoms with van der Waals surface area (Å²) in [6.07, 6.45) is -13.6. The van der Waals surface area contributed by atoms with E-state index in [1.54, 1.807) is 0 Å². The van der Waals surface area contributed by atoms with E-state index in [0.717, 1.165) is 12.1 Å². The van der Waals surface area contributed by atoms with Crippen LogP contribution in [0.1, 0.15) is 11.7 Å². The molecule has 0 amide bonds. The van der Waals surface area contributed by atoms with Crippen LogP contribution in [0.15, 0.2) is 28.7 Å². The lowest BCUT2D eigenvalue weighted by molar-refractivity contribution is -0.247. The second-order valence-corrected chi connectivity index (χ2v) is 4.29. The summed E-state index contributed by atoms with van der Waals surface area (Å²) in [6, 6.07) is 4.20. The van der Waals surface area contributed by atoms with Crippen molar-refractivity contribution in [1.29, 1.82) is 0 Å². The number of alkyl halides is 6. The summed E-state index contributed by atoms with van der Waals surface area (Å²) in [6.45, 7) is 0. The first kappa shape index (κ1) is 15.8. The number of halogens is 7. The van der Waals surface area contributed by atoms with Crippen molar-refractivity contribution in [1.82, 2.24) is 0 Å². The summed E-state index contributed by atoms with van der Waals surface area (Å²) in [4.78, 5) is 10.5. The fourth-order valence-corrected chi connectivity index (χ4v) is 1.40. The number of hydrogen-bond donors (Lipinski definition) is 0. The Morgan fingerprint density at radius 1 is 1.05 bits per heavy atom. The Balaban J connectivity index is 3.04.